The largest absolute Gasteiger partial charge is 0.496 e. The fourth-order valence-electron chi connectivity index (χ4n) is 3.86. The van der Waals surface area contributed by atoms with Crippen LogP contribution < -0.4 is 21.7 Å². The average Bonchev–Trinajstić information content (AvgIpc) is 3.15. The third-order valence-electron chi connectivity index (χ3n) is 5.48. The van der Waals surface area contributed by atoms with Gasteiger partial charge in [-0.3, -0.25) is 18.7 Å². The predicted octanol–water partition coefficient (Wildman–Crippen LogP) is 2.29. The van der Waals surface area contributed by atoms with Crippen LogP contribution >= 0.6 is 0 Å². The number of hydrogen-bond acceptors (Lipinski definition) is 6. The predicted molar refractivity (Wildman–Crippen MR) is 126 cm³/mol. The molecule has 0 unspecified atom stereocenters. The highest BCUT2D eigenvalue weighted by atomic mass is 16.5. The zero-order valence-corrected chi connectivity index (χ0v) is 18.5. The molecule has 0 bridgehead atoms. The highest BCUT2D eigenvalue weighted by Gasteiger charge is 2.22. The summed E-state index contributed by atoms with van der Waals surface area (Å²) >= 11 is 0. The number of ether oxygens (including phenoxy) is 1. The molecule has 170 valence electrons. The first-order chi connectivity index (χ1) is 16.0. The normalized spacial score (nSPS) is 11.1. The second-order valence-corrected chi connectivity index (χ2v) is 7.68. The lowest BCUT2D eigenvalue weighted by molar-refractivity contribution is 0.0965. The number of benzene rings is 2. The van der Waals surface area contributed by atoms with Crippen LogP contribution in [0.15, 0.2) is 64.2 Å². The van der Waals surface area contributed by atoms with Crippen LogP contribution in [0.5, 0.6) is 5.75 Å². The summed E-state index contributed by atoms with van der Waals surface area (Å²) in [6, 6.07) is 16.3. The van der Waals surface area contributed by atoms with E-state index in [2.05, 4.69) is 5.10 Å². The first-order valence-electron chi connectivity index (χ1n) is 10.7. The van der Waals surface area contributed by atoms with E-state index in [9.17, 15) is 14.4 Å². The standard InChI is InChI=1S/C24H25N5O4/c1-3-13-27-23(31)20-21(25)29(15-18(30)17-11-7-8-12-19(17)33-2)26-22(20)28(24(27)32)14-16-9-5-4-6-10-16/h4-12H,3,13-15,25H2,1-2H3. The van der Waals surface area contributed by atoms with Crippen LogP contribution in [0.1, 0.15) is 29.3 Å². The van der Waals surface area contributed by atoms with Gasteiger partial charge >= 0.3 is 5.69 Å². The van der Waals surface area contributed by atoms with Gasteiger partial charge in [0.1, 0.15) is 23.5 Å². The molecule has 0 amide bonds. The lowest BCUT2D eigenvalue weighted by Gasteiger charge is -2.10. The minimum Gasteiger partial charge on any atom is -0.496 e. The van der Waals surface area contributed by atoms with Crippen LogP contribution in [0, 0.1) is 0 Å². The smallest absolute Gasteiger partial charge is 0.333 e. The van der Waals surface area contributed by atoms with Gasteiger partial charge < -0.3 is 10.5 Å². The Morgan fingerprint density at radius 1 is 1.03 bits per heavy atom. The zero-order valence-electron chi connectivity index (χ0n) is 18.5. The topological polar surface area (TPSA) is 114 Å². The minimum absolute atomic E-state index is 0.0462. The first kappa shape index (κ1) is 22.1. The van der Waals surface area contributed by atoms with Crippen LogP contribution in [0.2, 0.25) is 0 Å². The maximum Gasteiger partial charge on any atom is 0.333 e. The van der Waals surface area contributed by atoms with Gasteiger partial charge in [0, 0.05) is 6.54 Å². The molecule has 0 aliphatic heterocycles. The minimum atomic E-state index is -0.505. The summed E-state index contributed by atoms with van der Waals surface area (Å²) in [7, 11) is 1.49. The summed E-state index contributed by atoms with van der Waals surface area (Å²) in [4.78, 5) is 39.3. The van der Waals surface area contributed by atoms with E-state index in [1.54, 1.807) is 24.3 Å². The van der Waals surface area contributed by atoms with Crippen LogP contribution in [-0.4, -0.2) is 31.8 Å². The molecule has 0 fully saturated rings. The first-order valence-corrected chi connectivity index (χ1v) is 10.7. The molecular weight excluding hydrogens is 422 g/mol. The Morgan fingerprint density at radius 2 is 1.73 bits per heavy atom. The molecule has 4 rings (SSSR count). The Labute approximate surface area is 189 Å². The van der Waals surface area contributed by atoms with Crippen LogP contribution in [0.4, 0.5) is 5.82 Å². The van der Waals surface area contributed by atoms with Gasteiger partial charge in [0.25, 0.3) is 5.56 Å². The van der Waals surface area contributed by atoms with E-state index in [0.717, 1.165) is 5.56 Å². The number of nitrogens with two attached hydrogens (primary N) is 1. The van der Waals surface area contributed by atoms with Crippen molar-refractivity contribution in [2.24, 2.45) is 0 Å². The Kier molecular flexibility index (Phi) is 6.12. The molecule has 0 saturated heterocycles. The van der Waals surface area contributed by atoms with E-state index in [1.165, 1.54) is 20.9 Å². The van der Waals surface area contributed by atoms with Crippen molar-refractivity contribution in [3.8, 4) is 5.75 Å². The molecule has 0 saturated carbocycles. The van der Waals surface area contributed by atoms with Crippen molar-refractivity contribution in [1.29, 1.82) is 0 Å². The van der Waals surface area contributed by atoms with E-state index in [-0.39, 0.29) is 42.3 Å². The van der Waals surface area contributed by atoms with Gasteiger partial charge in [-0.15, -0.1) is 0 Å². The summed E-state index contributed by atoms with van der Waals surface area (Å²) < 4.78 is 9.16. The Hall–Kier alpha value is -4.14. The highest BCUT2D eigenvalue weighted by molar-refractivity contribution is 5.99. The number of nitrogens with zero attached hydrogens (tertiary/aromatic N) is 4. The third-order valence-corrected chi connectivity index (χ3v) is 5.48. The monoisotopic (exact) mass is 447 g/mol. The van der Waals surface area contributed by atoms with Gasteiger partial charge in [-0.1, -0.05) is 49.4 Å². The van der Waals surface area contributed by atoms with Gasteiger partial charge in [-0.05, 0) is 24.1 Å². The number of carbonyl (C=O) groups excluding carboxylic acids is 1. The maximum absolute atomic E-state index is 13.2. The number of nitrogen functional groups attached to an aromatic ring is 1. The Bertz CT molecular complexity index is 1430. The summed E-state index contributed by atoms with van der Waals surface area (Å²) in [5.74, 6) is 0.201. The van der Waals surface area contributed by atoms with Crippen molar-refractivity contribution in [1.82, 2.24) is 18.9 Å². The number of fused-ring (bicyclic) bond motifs is 1. The van der Waals surface area contributed by atoms with E-state index < -0.39 is 11.2 Å². The van der Waals surface area contributed by atoms with E-state index in [4.69, 9.17) is 10.5 Å². The molecule has 2 aromatic carbocycles. The van der Waals surface area contributed by atoms with Crippen molar-refractivity contribution in [3.63, 3.8) is 0 Å². The summed E-state index contributed by atoms with van der Waals surface area (Å²) in [6.07, 6.45) is 0.603. The van der Waals surface area contributed by atoms with Crippen molar-refractivity contribution < 1.29 is 9.53 Å². The van der Waals surface area contributed by atoms with E-state index >= 15 is 0 Å². The third kappa shape index (κ3) is 4.05. The number of hydrogen-bond donors (Lipinski definition) is 1. The van der Waals surface area contributed by atoms with Crippen LogP contribution in [0.3, 0.4) is 0 Å². The van der Waals surface area contributed by atoms with Gasteiger partial charge in [-0.25, -0.2) is 9.48 Å². The molecule has 0 atom stereocenters. The lowest BCUT2D eigenvalue weighted by Crippen LogP contribution is -2.40. The molecule has 0 spiro atoms. The molecular formula is C24H25N5O4. The second kappa shape index (κ2) is 9.15. The summed E-state index contributed by atoms with van der Waals surface area (Å²) in [5.41, 5.74) is 6.75. The number of anilines is 1. The molecule has 2 aromatic heterocycles. The van der Waals surface area contributed by atoms with Crippen molar-refractivity contribution in [2.75, 3.05) is 12.8 Å². The van der Waals surface area contributed by atoms with Crippen molar-refractivity contribution >= 4 is 22.6 Å². The molecule has 33 heavy (non-hydrogen) atoms. The number of methoxy groups -OCH3 is 1. The van der Waals surface area contributed by atoms with Crippen LogP contribution in [0.25, 0.3) is 11.0 Å². The van der Waals surface area contributed by atoms with Crippen molar-refractivity contribution in [3.05, 3.63) is 86.6 Å². The number of Topliss-reactive ketones (excluding diaryl/α,β-unsaturated/α-hetero) is 1. The number of carbonyl (C=O) groups is 1. The molecule has 0 aliphatic rings. The number of aromatic nitrogens is 4. The molecule has 0 aliphatic carbocycles. The molecule has 4 aromatic rings. The summed E-state index contributed by atoms with van der Waals surface area (Å²) in [5, 5.41) is 4.56. The van der Waals surface area contributed by atoms with Gasteiger partial charge in [-0.2, -0.15) is 5.10 Å². The SMILES string of the molecule is CCCn1c(=O)c2c(N)n(CC(=O)c3ccccc3OC)nc2n(Cc2ccccc2)c1=O. The maximum atomic E-state index is 13.2. The molecule has 2 N–H and O–H groups in total. The second-order valence-electron chi connectivity index (χ2n) is 7.68. The summed E-state index contributed by atoms with van der Waals surface area (Å²) in [6.45, 7) is 2.16. The van der Waals surface area contributed by atoms with E-state index in [0.29, 0.717) is 17.7 Å². The van der Waals surface area contributed by atoms with Crippen molar-refractivity contribution in [2.45, 2.75) is 33.0 Å². The quantitative estimate of drug-likeness (QED) is 0.415. The average molecular weight is 447 g/mol. The lowest BCUT2D eigenvalue weighted by atomic mass is 10.1. The number of rotatable bonds is 8. The van der Waals surface area contributed by atoms with Gasteiger partial charge in [0.05, 0.1) is 19.2 Å². The molecule has 9 heteroatoms. The van der Waals surface area contributed by atoms with E-state index in [1.807, 2.05) is 37.3 Å². The molecule has 9 nitrogen and oxygen atoms in total. The number of ketones is 1. The fourth-order valence-corrected chi connectivity index (χ4v) is 3.86. The molecule has 0 radical (unpaired) electrons. The molecule has 2 heterocycles. The van der Waals surface area contributed by atoms with Gasteiger partial charge in [0.15, 0.2) is 11.4 Å². The Morgan fingerprint density at radius 3 is 2.42 bits per heavy atom. The van der Waals surface area contributed by atoms with Gasteiger partial charge in [0.2, 0.25) is 0 Å². The number of para-hydroxylation sites is 1. The zero-order chi connectivity index (χ0) is 23.5. The van der Waals surface area contributed by atoms with Crippen LogP contribution in [-0.2, 0) is 19.6 Å². The fraction of sp³-hybridized carbons (Fsp3) is 0.250. The highest BCUT2D eigenvalue weighted by Crippen LogP contribution is 2.21. The Balaban J connectivity index is 1.86.